The van der Waals surface area contributed by atoms with Crippen LogP contribution in [-0.4, -0.2) is 58.7 Å². The van der Waals surface area contributed by atoms with Crippen molar-refractivity contribution in [1.82, 2.24) is 9.62 Å². The minimum Gasteiger partial charge on any atom is -0.379 e. The second kappa shape index (κ2) is 14.1. The van der Waals surface area contributed by atoms with Crippen LogP contribution in [0.2, 0.25) is 0 Å². The van der Waals surface area contributed by atoms with E-state index >= 15 is 0 Å². The lowest BCUT2D eigenvalue weighted by Gasteiger charge is -2.18. The molecule has 0 spiro atoms. The number of rotatable bonds is 13. The van der Waals surface area contributed by atoms with E-state index in [9.17, 15) is 14.7 Å². The average molecular weight is 341 g/mol. The monoisotopic (exact) mass is 340 g/mol. The Labute approximate surface area is 133 Å². The Morgan fingerprint density at radius 3 is 2.70 bits per heavy atom. The molecule has 0 saturated heterocycles. The van der Waals surface area contributed by atoms with Gasteiger partial charge in [0.25, 0.3) is 0 Å². The number of hydrogen-bond acceptors (Lipinski definition) is 7. The van der Waals surface area contributed by atoms with Crippen molar-refractivity contribution in [3.05, 3.63) is 0 Å². The van der Waals surface area contributed by atoms with E-state index in [2.05, 4.69) is 5.32 Å². The molecule has 0 aromatic rings. The summed E-state index contributed by atoms with van der Waals surface area (Å²) in [4.78, 5) is 21.6. The van der Waals surface area contributed by atoms with Crippen molar-refractivity contribution in [3.8, 4) is 0 Å². The van der Waals surface area contributed by atoms with Crippen LogP contribution in [0.15, 0.2) is 0 Å². The predicted molar refractivity (Wildman–Crippen MR) is 89.7 cm³/mol. The number of aliphatic hydroxyl groups is 1. The van der Waals surface area contributed by atoms with Gasteiger partial charge in [0.05, 0.1) is 0 Å². The van der Waals surface area contributed by atoms with E-state index in [1.54, 1.807) is 25.9 Å². The van der Waals surface area contributed by atoms with Crippen LogP contribution < -0.4 is 5.32 Å². The van der Waals surface area contributed by atoms with E-state index in [1.165, 1.54) is 11.9 Å². The lowest BCUT2D eigenvalue weighted by molar-refractivity contribution is -0.125. The maximum Gasteiger partial charge on any atom is 0.232 e. The van der Waals surface area contributed by atoms with E-state index in [-0.39, 0.29) is 5.91 Å². The Balaban J connectivity index is 3.43. The number of nitrogens with one attached hydrogen (secondary N) is 1. The Kier molecular flexibility index (Phi) is 14.1. The number of aliphatic hydroxyl groups excluding tert-OH is 1. The quantitative estimate of drug-likeness (QED) is 0.174. The Hall–Kier alpha value is 0.110. The highest BCUT2D eigenvalue weighted by atomic mass is 33.1. The molecule has 5 nitrogen and oxygen atoms in total. The smallest absolute Gasteiger partial charge is 0.232 e. The number of nitrogens with zero attached hydrogens (tertiary/aromatic N) is 1. The molecule has 0 aliphatic carbocycles. The zero-order valence-corrected chi connectivity index (χ0v) is 14.5. The van der Waals surface area contributed by atoms with Crippen LogP contribution in [0, 0.1) is 0 Å². The fourth-order valence-corrected chi connectivity index (χ4v) is 3.92. The van der Waals surface area contributed by atoms with Crippen LogP contribution >= 0.6 is 33.5 Å². The molecular weight excluding hydrogens is 316 g/mol. The number of aldehydes is 1. The minimum atomic E-state index is -0.597. The second-order valence-corrected chi connectivity index (χ2v) is 7.40. The Morgan fingerprint density at radius 1 is 1.40 bits per heavy atom. The van der Waals surface area contributed by atoms with Crippen molar-refractivity contribution in [2.75, 3.05) is 30.9 Å². The lowest BCUT2D eigenvalue weighted by Crippen LogP contribution is -2.30. The SMILES string of the molecule is CCC(=O)N(CCSSCCNC(O)CCC=O)SC. The van der Waals surface area contributed by atoms with Gasteiger partial charge in [-0.3, -0.25) is 14.4 Å². The third-order valence-electron chi connectivity index (χ3n) is 2.39. The molecule has 8 heteroatoms. The van der Waals surface area contributed by atoms with Crippen LogP contribution in [0.3, 0.4) is 0 Å². The molecule has 0 heterocycles. The summed E-state index contributed by atoms with van der Waals surface area (Å²) in [6.07, 6.45) is 3.51. The maximum absolute atomic E-state index is 11.5. The number of amides is 1. The fourth-order valence-electron chi connectivity index (χ4n) is 1.33. The van der Waals surface area contributed by atoms with Crippen LogP contribution in [0.25, 0.3) is 0 Å². The highest BCUT2D eigenvalue weighted by Crippen LogP contribution is 2.21. The van der Waals surface area contributed by atoms with Crippen molar-refractivity contribution in [3.63, 3.8) is 0 Å². The minimum absolute atomic E-state index is 0.170. The van der Waals surface area contributed by atoms with E-state index in [1.807, 2.05) is 13.2 Å². The van der Waals surface area contributed by atoms with Crippen molar-refractivity contribution >= 4 is 45.7 Å². The largest absolute Gasteiger partial charge is 0.379 e. The first-order chi connectivity index (χ1) is 9.65. The average Bonchev–Trinajstić information content (AvgIpc) is 2.47. The molecular formula is C12H24N2O3S3. The van der Waals surface area contributed by atoms with Crippen LogP contribution in [-0.2, 0) is 9.59 Å². The number of hydrogen-bond donors (Lipinski definition) is 2. The van der Waals surface area contributed by atoms with Gasteiger partial charge in [0, 0.05) is 43.7 Å². The molecule has 0 aromatic carbocycles. The summed E-state index contributed by atoms with van der Waals surface area (Å²) < 4.78 is 1.79. The molecule has 2 N–H and O–H groups in total. The molecule has 0 fully saturated rings. The molecule has 1 amide bonds. The van der Waals surface area contributed by atoms with Crippen LogP contribution in [0.4, 0.5) is 0 Å². The van der Waals surface area contributed by atoms with Gasteiger partial charge in [-0.2, -0.15) is 0 Å². The van der Waals surface area contributed by atoms with Gasteiger partial charge >= 0.3 is 0 Å². The first-order valence-corrected chi connectivity index (χ1v) is 10.3. The summed E-state index contributed by atoms with van der Waals surface area (Å²) in [6.45, 7) is 3.33. The van der Waals surface area contributed by atoms with Crippen molar-refractivity contribution < 1.29 is 14.7 Å². The van der Waals surface area contributed by atoms with Crippen LogP contribution in [0.5, 0.6) is 0 Å². The Morgan fingerprint density at radius 2 is 2.10 bits per heavy atom. The Bertz CT molecular complexity index is 270. The summed E-state index contributed by atoms with van der Waals surface area (Å²) in [7, 11) is 3.44. The molecule has 118 valence electrons. The third-order valence-corrected chi connectivity index (χ3v) is 5.60. The normalized spacial score (nSPS) is 12.2. The third kappa shape index (κ3) is 10.8. The van der Waals surface area contributed by atoms with Crippen LogP contribution in [0.1, 0.15) is 26.2 Å². The number of carbonyl (C=O) groups excluding carboxylic acids is 2. The van der Waals surface area contributed by atoms with Gasteiger partial charge in [-0.1, -0.05) is 40.5 Å². The first kappa shape index (κ1) is 20.1. The lowest BCUT2D eigenvalue weighted by atomic mass is 10.3. The molecule has 0 aliphatic heterocycles. The first-order valence-electron chi connectivity index (χ1n) is 6.59. The van der Waals surface area contributed by atoms with Gasteiger partial charge in [0.15, 0.2) is 0 Å². The molecule has 1 unspecified atom stereocenters. The summed E-state index contributed by atoms with van der Waals surface area (Å²) in [6, 6.07) is 0. The summed E-state index contributed by atoms with van der Waals surface area (Å²) >= 11 is 1.47. The molecule has 0 bridgehead atoms. The summed E-state index contributed by atoms with van der Waals surface area (Å²) in [5.41, 5.74) is 0. The van der Waals surface area contributed by atoms with Gasteiger partial charge in [-0.15, -0.1) is 0 Å². The van der Waals surface area contributed by atoms with Gasteiger partial charge < -0.3 is 9.90 Å². The maximum atomic E-state index is 11.5. The highest BCUT2D eigenvalue weighted by Gasteiger charge is 2.09. The standard InChI is InChI=1S/C12H24N2O3S3/c1-3-12(17)14(18-2)7-10-20-19-9-6-13-11(16)5-4-8-15/h8,11,13,16H,3-7,9-10H2,1-2H3. The van der Waals surface area contributed by atoms with Gasteiger partial charge in [-0.05, 0) is 6.42 Å². The fraction of sp³-hybridized carbons (Fsp3) is 0.833. The van der Waals surface area contributed by atoms with Crippen molar-refractivity contribution in [1.29, 1.82) is 0 Å². The topological polar surface area (TPSA) is 69.6 Å². The summed E-state index contributed by atoms with van der Waals surface area (Å²) in [5.74, 6) is 1.94. The molecule has 0 rings (SSSR count). The second-order valence-electron chi connectivity index (χ2n) is 3.89. The molecule has 20 heavy (non-hydrogen) atoms. The number of carbonyl (C=O) groups is 2. The van der Waals surface area contributed by atoms with E-state index in [0.29, 0.717) is 25.8 Å². The molecule has 1 atom stereocenters. The van der Waals surface area contributed by atoms with E-state index < -0.39 is 6.23 Å². The zero-order valence-electron chi connectivity index (χ0n) is 12.0. The van der Waals surface area contributed by atoms with Crippen molar-refractivity contribution in [2.24, 2.45) is 0 Å². The van der Waals surface area contributed by atoms with Gasteiger partial charge in [0.2, 0.25) is 5.91 Å². The van der Waals surface area contributed by atoms with Crippen molar-refractivity contribution in [2.45, 2.75) is 32.4 Å². The molecule has 0 saturated carbocycles. The molecule has 0 aromatic heterocycles. The highest BCUT2D eigenvalue weighted by molar-refractivity contribution is 8.76. The predicted octanol–water partition coefficient (Wildman–Crippen LogP) is 1.77. The zero-order chi connectivity index (χ0) is 15.2. The summed E-state index contributed by atoms with van der Waals surface area (Å²) in [5, 5.41) is 12.4. The van der Waals surface area contributed by atoms with Gasteiger partial charge in [0.1, 0.15) is 12.5 Å². The van der Waals surface area contributed by atoms with Gasteiger partial charge in [-0.25, -0.2) is 0 Å². The van der Waals surface area contributed by atoms with E-state index in [0.717, 1.165) is 24.3 Å². The van der Waals surface area contributed by atoms with E-state index in [4.69, 9.17) is 0 Å². The molecule has 0 radical (unpaired) electrons. The molecule has 0 aliphatic rings.